The van der Waals surface area contributed by atoms with Gasteiger partial charge in [-0.1, -0.05) is 64.7 Å². The van der Waals surface area contributed by atoms with E-state index in [0.29, 0.717) is 0 Å². The third-order valence-electron chi connectivity index (χ3n) is 3.41. The molecule has 1 aliphatic heterocycles. The predicted octanol–water partition coefficient (Wildman–Crippen LogP) is 4.67. The molecular formula is C15H29NO. The molecule has 0 atom stereocenters. The van der Waals surface area contributed by atoms with Crippen LogP contribution in [-0.4, -0.2) is 18.2 Å². The van der Waals surface area contributed by atoms with Crippen molar-refractivity contribution in [2.45, 2.75) is 71.1 Å². The molecule has 100 valence electrons. The van der Waals surface area contributed by atoms with Gasteiger partial charge in [0.15, 0.2) is 6.73 Å². The summed E-state index contributed by atoms with van der Waals surface area (Å²) in [7, 11) is 0. The fraction of sp³-hybridized carbons (Fsp3) is 0.867. The molecule has 0 saturated heterocycles. The monoisotopic (exact) mass is 239 g/mol. The second-order valence-corrected chi connectivity index (χ2v) is 5.08. The van der Waals surface area contributed by atoms with Crippen LogP contribution in [0.2, 0.25) is 0 Å². The van der Waals surface area contributed by atoms with Crippen LogP contribution in [0.15, 0.2) is 12.5 Å². The van der Waals surface area contributed by atoms with E-state index in [1.165, 1.54) is 64.2 Å². The Labute approximate surface area is 107 Å². The van der Waals surface area contributed by atoms with Crippen LogP contribution < -0.4 is 0 Å². The molecule has 2 heteroatoms. The van der Waals surface area contributed by atoms with Crippen LogP contribution in [0.3, 0.4) is 0 Å². The van der Waals surface area contributed by atoms with E-state index in [1.54, 1.807) is 6.26 Å². The van der Waals surface area contributed by atoms with Gasteiger partial charge in [-0.3, -0.25) is 0 Å². The smallest absolute Gasteiger partial charge is 0.160 e. The van der Waals surface area contributed by atoms with Gasteiger partial charge in [0.05, 0.1) is 0 Å². The van der Waals surface area contributed by atoms with E-state index in [-0.39, 0.29) is 0 Å². The highest BCUT2D eigenvalue weighted by molar-refractivity contribution is 4.79. The Kier molecular flexibility index (Phi) is 8.89. The summed E-state index contributed by atoms with van der Waals surface area (Å²) >= 11 is 0. The average molecular weight is 239 g/mol. The van der Waals surface area contributed by atoms with Gasteiger partial charge in [0.2, 0.25) is 0 Å². The SMILES string of the molecule is CCCCCCCCCCCCN1C=COC1. The molecule has 1 heterocycles. The Balaban J connectivity index is 1.71. The van der Waals surface area contributed by atoms with Crippen LogP contribution in [0.5, 0.6) is 0 Å². The Morgan fingerprint density at radius 1 is 0.882 bits per heavy atom. The van der Waals surface area contributed by atoms with Crippen molar-refractivity contribution < 1.29 is 4.74 Å². The molecule has 0 amide bonds. The van der Waals surface area contributed by atoms with Gasteiger partial charge in [0, 0.05) is 12.7 Å². The van der Waals surface area contributed by atoms with Gasteiger partial charge in [-0.05, 0) is 6.42 Å². The quantitative estimate of drug-likeness (QED) is 0.486. The van der Waals surface area contributed by atoms with Crippen LogP contribution >= 0.6 is 0 Å². The molecule has 0 spiro atoms. The third-order valence-corrected chi connectivity index (χ3v) is 3.41. The van der Waals surface area contributed by atoms with E-state index in [9.17, 15) is 0 Å². The van der Waals surface area contributed by atoms with Crippen molar-refractivity contribution in [1.82, 2.24) is 4.90 Å². The van der Waals surface area contributed by atoms with Crippen LogP contribution in [0.25, 0.3) is 0 Å². The van der Waals surface area contributed by atoms with Crippen molar-refractivity contribution in [3.8, 4) is 0 Å². The van der Waals surface area contributed by atoms with Crippen molar-refractivity contribution in [2.24, 2.45) is 0 Å². The van der Waals surface area contributed by atoms with E-state index in [1.807, 2.05) is 6.20 Å². The number of unbranched alkanes of at least 4 members (excludes halogenated alkanes) is 9. The third kappa shape index (κ3) is 8.12. The van der Waals surface area contributed by atoms with Gasteiger partial charge in [0.25, 0.3) is 0 Å². The highest BCUT2D eigenvalue weighted by atomic mass is 16.5. The summed E-state index contributed by atoms with van der Waals surface area (Å²) < 4.78 is 5.14. The number of hydrogen-bond acceptors (Lipinski definition) is 2. The molecule has 0 unspecified atom stereocenters. The minimum absolute atomic E-state index is 0.761. The zero-order valence-corrected chi connectivity index (χ0v) is 11.5. The van der Waals surface area contributed by atoms with Crippen molar-refractivity contribution in [3.05, 3.63) is 12.5 Å². The lowest BCUT2D eigenvalue weighted by Gasteiger charge is -2.12. The van der Waals surface area contributed by atoms with Gasteiger partial charge < -0.3 is 9.64 Å². The Hall–Kier alpha value is -0.660. The molecule has 0 aromatic rings. The highest BCUT2D eigenvalue weighted by Gasteiger charge is 2.03. The molecule has 0 aromatic carbocycles. The summed E-state index contributed by atoms with van der Waals surface area (Å²) in [4.78, 5) is 2.24. The van der Waals surface area contributed by atoms with Crippen LogP contribution in [-0.2, 0) is 4.74 Å². The largest absolute Gasteiger partial charge is 0.479 e. The minimum Gasteiger partial charge on any atom is -0.479 e. The van der Waals surface area contributed by atoms with E-state index >= 15 is 0 Å². The summed E-state index contributed by atoms with van der Waals surface area (Å²) in [6, 6.07) is 0. The molecule has 2 nitrogen and oxygen atoms in total. The first-order valence-electron chi connectivity index (χ1n) is 7.46. The number of nitrogens with zero attached hydrogens (tertiary/aromatic N) is 1. The molecular weight excluding hydrogens is 210 g/mol. The first kappa shape index (κ1) is 14.4. The normalized spacial score (nSPS) is 14.3. The Bertz CT molecular complexity index is 191. The molecule has 0 radical (unpaired) electrons. The second kappa shape index (κ2) is 10.5. The molecule has 1 rings (SSSR count). The summed E-state index contributed by atoms with van der Waals surface area (Å²) in [5.74, 6) is 0. The van der Waals surface area contributed by atoms with Gasteiger partial charge >= 0.3 is 0 Å². The average Bonchev–Trinajstić information content (AvgIpc) is 2.85. The first-order chi connectivity index (χ1) is 8.43. The van der Waals surface area contributed by atoms with E-state index in [4.69, 9.17) is 4.74 Å². The van der Waals surface area contributed by atoms with Crippen LogP contribution in [0, 0.1) is 0 Å². The second-order valence-electron chi connectivity index (χ2n) is 5.08. The number of ether oxygens (including phenoxy) is 1. The highest BCUT2D eigenvalue weighted by Crippen LogP contribution is 2.11. The molecule has 0 aromatic heterocycles. The predicted molar refractivity (Wildman–Crippen MR) is 73.6 cm³/mol. The van der Waals surface area contributed by atoms with Crippen molar-refractivity contribution >= 4 is 0 Å². The minimum atomic E-state index is 0.761. The maximum absolute atomic E-state index is 5.14. The molecule has 0 bridgehead atoms. The summed E-state index contributed by atoms with van der Waals surface area (Å²) in [5.41, 5.74) is 0. The topological polar surface area (TPSA) is 12.5 Å². The maximum Gasteiger partial charge on any atom is 0.160 e. The fourth-order valence-electron chi connectivity index (χ4n) is 2.25. The van der Waals surface area contributed by atoms with E-state index in [2.05, 4.69) is 11.8 Å². The Morgan fingerprint density at radius 3 is 2.00 bits per heavy atom. The standard InChI is InChI=1S/C15H29NO/c1-2-3-4-5-6-7-8-9-10-11-12-16-13-14-17-15-16/h13-14H,2-12,15H2,1H3. The summed E-state index contributed by atoms with van der Waals surface area (Å²) in [6.45, 7) is 4.20. The van der Waals surface area contributed by atoms with Crippen molar-refractivity contribution in [2.75, 3.05) is 13.3 Å². The Morgan fingerprint density at radius 2 is 1.47 bits per heavy atom. The van der Waals surface area contributed by atoms with E-state index < -0.39 is 0 Å². The first-order valence-corrected chi connectivity index (χ1v) is 7.46. The zero-order valence-electron chi connectivity index (χ0n) is 11.5. The van der Waals surface area contributed by atoms with Gasteiger partial charge in [0.1, 0.15) is 6.26 Å². The van der Waals surface area contributed by atoms with Gasteiger partial charge in [-0.15, -0.1) is 0 Å². The maximum atomic E-state index is 5.14. The molecule has 0 saturated carbocycles. The van der Waals surface area contributed by atoms with Crippen LogP contribution in [0.1, 0.15) is 71.1 Å². The lowest BCUT2D eigenvalue weighted by molar-refractivity contribution is 0.169. The number of rotatable bonds is 11. The van der Waals surface area contributed by atoms with Crippen molar-refractivity contribution in [1.29, 1.82) is 0 Å². The summed E-state index contributed by atoms with van der Waals surface area (Å²) in [6.07, 6.45) is 17.9. The molecule has 0 aliphatic carbocycles. The van der Waals surface area contributed by atoms with Gasteiger partial charge in [-0.2, -0.15) is 0 Å². The lowest BCUT2D eigenvalue weighted by Crippen LogP contribution is -2.16. The number of hydrogen-bond donors (Lipinski definition) is 0. The van der Waals surface area contributed by atoms with Gasteiger partial charge in [-0.25, -0.2) is 0 Å². The molecule has 0 fully saturated rings. The lowest BCUT2D eigenvalue weighted by atomic mass is 10.1. The van der Waals surface area contributed by atoms with E-state index in [0.717, 1.165) is 13.3 Å². The fourth-order valence-corrected chi connectivity index (χ4v) is 2.25. The summed E-state index contributed by atoms with van der Waals surface area (Å²) in [5, 5.41) is 0. The van der Waals surface area contributed by atoms with Crippen LogP contribution in [0.4, 0.5) is 0 Å². The van der Waals surface area contributed by atoms with Crippen molar-refractivity contribution in [3.63, 3.8) is 0 Å². The molecule has 1 aliphatic rings. The molecule has 17 heavy (non-hydrogen) atoms. The molecule has 0 N–H and O–H groups in total. The zero-order chi connectivity index (χ0) is 12.2.